The maximum absolute atomic E-state index is 12.2. The summed E-state index contributed by atoms with van der Waals surface area (Å²) in [6.45, 7) is 5.90. The van der Waals surface area contributed by atoms with Crippen molar-refractivity contribution in [2.75, 3.05) is 13.4 Å². The van der Waals surface area contributed by atoms with Crippen molar-refractivity contribution in [1.82, 2.24) is 5.32 Å². The van der Waals surface area contributed by atoms with Crippen molar-refractivity contribution in [3.8, 4) is 11.5 Å². The summed E-state index contributed by atoms with van der Waals surface area (Å²) in [6.07, 6.45) is 2.82. The highest BCUT2D eigenvalue weighted by Gasteiger charge is 2.26. The first kappa shape index (κ1) is 16.1. The molecule has 1 aromatic carbocycles. The number of nitrogens with one attached hydrogen (secondary N) is 1. The van der Waals surface area contributed by atoms with Gasteiger partial charge in [0.05, 0.1) is 6.10 Å². The maximum atomic E-state index is 12.2. The third kappa shape index (κ3) is 4.16. The fourth-order valence-electron chi connectivity index (χ4n) is 3.14. The molecule has 1 saturated heterocycles. The highest BCUT2D eigenvalue weighted by atomic mass is 16.7. The van der Waals surface area contributed by atoms with Crippen LogP contribution in [0.3, 0.4) is 0 Å². The second-order valence-electron chi connectivity index (χ2n) is 6.71. The van der Waals surface area contributed by atoms with Gasteiger partial charge < -0.3 is 19.5 Å². The fourth-order valence-corrected chi connectivity index (χ4v) is 3.14. The molecule has 0 aliphatic carbocycles. The number of fused-ring (bicyclic) bond motifs is 1. The minimum absolute atomic E-state index is 0.108. The Morgan fingerprint density at radius 1 is 1.30 bits per heavy atom. The summed E-state index contributed by atoms with van der Waals surface area (Å²) in [4.78, 5) is 12.2. The molecule has 0 spiro atoms. The summed E-state index contributed by atoms with van der Waals surface area (Å²) < 4.78 is 16.4. The molecule has 126 valence electrons. The van der Waals surface area contributed by atoms with E-state index in [0.29, 0.717) is 24.8 Å². The van der Waals surface area contributed by atoms with E-state index in [1.165, 1.54) is 0 Å². The van der Waals surface area contributed by atoms with Gasteiger partial charge in [0.25, 0.3) is 0 Å². The molecular weight excluding hydrogens is 294 g/mol. The molecule has 3 rings (SSSR count). The molecule has 0 radical (unpaired) electrons. The zero-order chi connectivity index (χ0) is 16.2. The smallest absolute Gasteiger partial charge is 0.231 e. The van der Waals surface area contributed by atoms with Crippen molar-refractivity contribution in [2.24, 2.45) is 11.8 Å². The summed E-state index contributed by atoms with van der Waals surface area (Å²) >= 11 is 0. The Balaban J connectivity index is 1.46. The van der Waals surface area contributed by atoms with E-state index in [4.69, 9.17) is 14.2 Å². The van der Waals surface area contributed by atoms with Crippen LogP contribution in [0, 0.1) is 11.8 Å². The van der Waals surface area contributed by atoms with Crippen LogP contribution in [0.5, 0.6) is 11.5 Å². The standard InChI is InChI=1S/C18H25NO4/c1-12(2)16-7-13(5-6-21-16)9-18(20)19-10-14-3-4-15-17(8-14)23-11-22-15/h3-4,8,12-13,16H,5-7,9-11H2,1-2H3,(H,19,20). The van der Waals surface area contributed by atoms with Gasteiger partial charge in [-0.3, -0.25) is 4.79 Å². The normalized spacial score (nSPS) is 23.1. The molecule has 0 saturated carbocycles. The number of amides is 1. The van der Waals surface area contributed by atoms with E-state index in [0.717, 1.165) is 36.5 Å². The van der Waals surface area contributed by atoms with Crippen molar-refractivity contribution in [1.29, 1.82) is 0 Å². The van der Waals surface area contributed by atoms with Crippen LogP contribution in [0.1, 0.15) is 38.7 Å². The zero-order valence-corrected chi connectivity index (χ0v) is 13.8. The highest BCUT2D eigenvalue weighted by Crippen LogP contribution is 2.32. The van der Waals surface area contributed by atoms with E-state index in [1.54, 1.807) is 0 Å². The number of carbonyl (C=O) groups is 1. The monoisotopic (exact) mass is 319 g/mol. The number of carbonyl (C=O) groups excluding carboxylic acids is 1. The molecular formula is C18H25NO4. The van der Waals surface area contributed by atoms with Gasteiger partial charge in [-0.15, -0.1) is 0 Å². The van der Waals surface area contributed by atoms with Crippen molar-refractivity contribution >= 4 is 5.91 Å². The van der Waals surface area contributed by atoms with Crippen LogP contribution in [-0.4, -0.2) is 25.4 Å². The molecule has 1 amide bonds. The largest absolute Gasteiger partial charge is 0.454 e. The van der Waals surface area contributed by atoms with Gasteiger partial charge in [-0.05, 0) is 42.4 Å². The van der Waals surface area contributed by atoms with Gasteiger partial charge >= 0.3 is 0 Å². The predicted molar refractivity (Wildman–Crippen MR) is 86.3 cm³/mol. The van der Waals surface area contributed by atoms with Gasteiger partial charge in [-0.2, -0.15) is 0 Å². The number of hydrogen-bond acceptors (Lipinski definition) is 4. The molecule has 2 aliphatic rings. The quantitative estimate of drug-likeness (QED) is 0.906. The lowest BCUT2D eigenvalue weighted by atomic mass is 9.88. The summed E-state index contributed by atoms with van der Waals surface area (Å²) in [7, 11) is 0. The predicted octanol–water partition coefficient (Wildman–Crippen LogP) is 2.87. The van der Waals surface area contributed by atoms with Crippen molar-refractivity contribution < 1.29 is 19.0 Å². The van der Waals surface area contributed by atoms with Crippen LogP contribution in [0.15, 0.2) is 18.2 Å². The lowest BCUT2D eigenvalue weighted by Crippen LogP contribution is -2.33. The van der Waals surface area contributed by atoms with E-state index in [1.807, 2.05) is 18.2 Å². The van der Waals surface area contributed by atoms with Gasteiger partial charge in [0.2, 0.25) is 12.7 Å². The van der Waals surface area contributed by atoms with Crippen molar-refractivity contribution in [2.45, 2.75) is 45.8 Å². The van der Waals surface area contributed by atoms with Gasteiger partial charge in [-0.25, -0.2) is 0 Å². The Bertz CT molecular complexity index is 558. The first-order valence-corrected chi connectivity index (χ1v) is 8.38. The van der Waals surface area contributed by atoms with E-state index in [2.05, 4.69) is 19.2 Å². The molecule has 2 atom stereocenters. The lowest BCUT2D eigenvalue weighted by molar-refractivity contribution is -0.123. The summed E-state index contributed by atoms with van der Waals surface area (Å²) in [5.74, 6) is 2.56. The average Bonchev–Trinajstić information content (AvgIpc) is 3.01. The molecule has 1 fully saturated rings. The number of rotatable bonds is 5. The molecule has 2 heterocycles. The third-order valence-electron chi connectivity index (χ3n) is 4.57. The average molecular weight is 319 g/mol. The topological polar surface area (TPSA) is 56.8 Å². The van der Waals surface area contributed by atoms with E-state index in [-0.39, 0.29) is 18.8 Å². The first-order valence-electron chi connectivity index (χ1n) is 8.38. The van der Waals surface area contributed by atoms with Gasteiger partial charge in [0, 0.05) is 19.6 Å². The fraction of sp³-hybridized carbons (Fsp3) is 0.611. The van der Waals surface area contributed by atoms with E-state index < -0.39 is 0 Å². The number of hydrogen-bond donors (Lipinski definition) is 1. The molecule has 0 aromatic heterocycles. The van der Waals surface area contributed by atoms with Crippen molar-refractivity contribution in [3.05, 3.63) is 23.8 Å². The molecule has 1 N–H and O–H groups in total. The van der Waals surface area contributed by atoms with Crippen LogP contribution < -0.4 is 14.8 Å². The number of benzene rings is 1. The Hall–Kier alpha value is -1.75. The summed E-state index contributed by atoms with van der Waals surface area (Å²) in [5, 5.41) is 3.01. The second-order valence-corrected chi connectivity index (χ2v) is 6.71. The van der Waals surface area contributed by atoms with Crippen LogP contribution in [0.4, 0.5) is 0 Å². The second kappa shape index (κ2) is 7.21. The van der Waals surface area contributed by atoms with Crippen LogP contribution >= 0.6 is 0 Å². The van der Waals surface area contributed by atoms with E-state index in [9.17, 15) is 4.79 Å². The minimum atomic E-state index is 0.108. The summed E-state index contributed by atoms with van der Waals surface area (Å²) in [6, 6.07) is 5.76. The zero-order valence-electron chi connectivity index (χ0n) is 13.8. The van der Waals surface area contributed by atoms with Gasteiger partial charge in [0.15, 0.2) is 11.5 Å². The molecule has 23 heavy (non-hydrogen) atoms. The Morgan fingerprint density at radius 3 is 2.96 bits per heavy atom. The van der Waals surface area contributed by atoms with Crippen LogP contribution in [0.25, 0.3) is 0 Å². The van der Waals surface area contributed by atoms with Crippen LogP contribution in [0.2, 0.25) is 0 Å². The minimum Gasteiger partial charge on any atom is -0.454 e. The summed E-state index contributed by atoms with van der Waals surface area (Å²) in [5.41, 5.74) is 1.02. The first-order chi connectivity index (χ1) is 11.1. The Kier molecular flexibility index (Phi) is 5.06. The molecule has 5 heteroatoms. The van der Waals surface area contributed by atoms with Crippen LogP contribution in [-0.2, 0) is 16.1 Å². The molecule has 2 aliphatic heterocycles. The lowest BCUT2D eigenvalue weighted by Gasteiger charge is -2.31. The maximum Gasteiger partial charge on any atom is 0.231 e. The Morgan fingerprint density at radius 2 is 2.13 bits per heavy atom. The molecule has 2 unspecified atom stereocenters. The van der Waals surface area contributed by atoms with Crippen molar-refractivity contribution in [3.63, 3.8) is 0 Å². The molecule has 0 bridgehead atoms. The molecule has 5 nitrogen and oxygen atoms in total. The van der Waals surface area contributed by atoms with Gasteiger partial charge in [-0.1, -0.05) is 19.9 Å². The van der Waals surface area contributed by atoms with Gasteiger partial charge in [0.1, 0.15) is 0 Å². The third-order valence-corrected chi connectivity index (χ3v) is 4.57. The van der Waals surface area contributed by atoms with E-state index >= 15 is 0 Å². The highest BCUT2D eigenvalue weighted by molar-refractivity contribution is 5.76. The SMILES string of the molecule is CC(C)C1CC(CC(=O)NCc2ccc3c(c2)OCO3)CCO1. The Labute approximate surface area is 137 Å². The number of ether oxygens (including phenoxy) is 3. The molecule has 1 aromatic rings.